The topological polar surface area (TPSA) is 97.4 Å². The highest BCUT2D eigenvalue weighted by Crippen LogP contribution is 2.19. The van der Waals surface area contributed by atoms with Crippen LogP contribution in [-0.2, 0) is 29.9 Å². The molecule has 1 saturated heterocycles. The van der Waals surface area contributed by atoms with Gasteiger partial charge < -0.3 is 0 Å². The average molecular weight is 372 g/mol. The number of hydrogen-bond donors (Lipinski definition) is 1. The minimum atomic E-state index is -3.88. The third-order valence-corrected chi connectivity index (χ3v) is 7.41. The van der Waals surface area contributed by atoms with E-state index in [1.165, 1.54) is 12.1 Å². The van der Waals surface area contributed by atoms with Crippen LogP contribution in [0.2, 0.25) is 0 Å². The maximum absolute atomic E-state index is 12.2. The van der Waals surface area contributed by atoms with E-state index in [-0.39, 0.29) is 15.8 Å². The van der Waals surface area contributed by atoms with Crippen LogP contribution >= 0.6 is 10.7 Å². The quantitative estimate of drug-likeness (QED) is 0.789. The van der Waals surface area contributed by atoms with Gasteiger partial charge in [0.2, 0.25) is 10.0 Å². The lowest BCUT2D eigenvalue weighted by Gasteiger charge is -2.22. The molecule has 1 fully saturated rings. The summed E-state index contributed by atoms with van der Waals surface area (Å²) in [5, 5.41) is 0. The van der Waals surface area contributed by atoms with E-state index < -0.39 is 29.9 Å². The standard InChI is InChI=1S/C11H14ClNO5S3/c12-20(15,16)10-1-3-11(4-2-10)21(17,18)13-9-5-7-19(14)8-6-9/h1-4,9,13H,5-8H2. The molecule has 0 radical (unpaired) electrons. The van der Waals surface area contributed by atoms with Crippen molar-refractivity contribution in [2.45, 2.75) is 28.7 Å². The summed E-state index contributed by atoms with van der Waals surface area (Å²) in [6.07, 6.45) is 1.06. The highest BCUT2D eigenvalue weighted by atomic mass is 35.7. The summed E-state index contributed by atoms with van der Waals surface area (Å²) in [6.45, 7) is 0. The second-order valence-electron chi connectivity index (χ2n) is 4.65. The molecule has 0 aromatic heterocycles. The second kappa shape index (κ2) is 6.33. The lowest BCUT2D eigenvalue weighted by Crippen LogP contribution is -2.39. The summed E-state index contributed by atoms with van der Waals surface area (Å²) in [5.41, 5.74) is 0. The van der Waals surface area contributed by atoms with Crippen LogP contribution in [0.1, 0.15) is 12.8 Å². The van der Waals surface area contributed by atoms with E-state index in [2.05, 4.69) is 4.72 Å². The highest BCUT2D eigenvalue weighted by molar-refractivity contribution is 8.13. The van der Waals surface area contributed by atoms with Gasteiger partial charge in [0.05, 0.1) is 9.79 Å². The molecule has 1 heterocycles. The molecule has 1 aromatic rings. The summed E-state index contributed by atoms with van der Waals surface area (Å²) in [6, 6.07) is 4.43. The predicted octanol–water partition coefficient (Wildman–Crippen LogP) is 0.803. The third-order valence-electron chi connectivity index (χ3n) is 3.13. The average Bonchev–Trinajstić information content (AvgIpc) is 2.40. The molecule has 0 spiro atoms. The molecule has 0 aliphatic carbocycles. The van der Waals surface area contributed by atoms with E-state index in [1.54, 1.807) is 0 Å². The summed E-state index contributed by atoms with van der Waals surface area (Å²) in [4.78, 5) is -0.186. The van der Waals surface area contributed by atoms with Crippen molar-refractivity contribution in [3.05, 3.63) is 24.3 Å². The van der Waals surface area contributed by atoms with Gasteiger partial charge in [-0.1, -0.05) is 0 Å². The van der Waals surface area contributed by atoms with Gasteiger partial charge >= 0.3 is 0 Å². The van der Waals surface area contributed by atoms with Crippen molar-refractivity contribution in [2.75, 3.05) is 11.5 Å². The Balaban J connectivity index is 2.14. The Morgan fingerprint density at radius 1 is 1.00 bits per heavy atom. The molecule has 2 rings (SSSR count). The fraction of sp³-hybridized carbons (Fsp3) is 0.455. The number of sulfonamides is 1. The van der Waals surface area contributed by atoms with Crippen molar-refractivity contribution in [3.63, 3.8) is 0 Å². The summed E-state index contributed by atoms with van der Waals surface area (Å²) in [7, 11) is -3.29. The van der Waals surface area contributed by atoms with Crippen LogP contribution in [0, 0.1) is 0 Å². The molecule has 0 unspecified atom stereocenters. The fourth-order valence-corrected chi connectivity index (χ4v) is 5.35. The Bertz CT molecular complexity index is 733. The molecule has 10 heteroatoms. The van der Waals surface area contributed by atoms with Crippen molar-refractivity contribution in [3.8, 4) is 0 Å². The van der Waals surface area contributed by atoms with Gasteiger partial charge in [0.15, 0.2) is 0 Å². The summed E-state index contributed by atoms with van der Waals surface area (Å²) >= 11 is 0. The Morgan fingerprint density at radius 3 is 1.95 bits per heavy atom. The first-order valence-electron chi connectivity index (χ1n) is 6.10. The number of hydrogen-bond acceptors (Lipinski definition) is 5. The van der Waals surface area contributed by atoms with Gasteiger partial charge in [-0.05, 0) is 37.1 Å². The molecular formula is C11H14ClNO5S3. The zero-order chi connectivity index (χ0) is 15.7. The van der Waals surface area contributed by atoms with Crippen LogP contribution in [-0.4, -0.2) is 38.6 Å². The van der Waals surface area contributed by atoms with Gasteiger partial charge in [0.1, 0.15) is 0 Å². The van der Waals surface area contributed by atoms with E-state index in [1.807, 2.05) is 0 Å². The van der Waals surface area contributed by atoms with Crippen LogP contribution in [0.3, 0.4) is 0 Å². The maximum atomic E-state index is 12.2. The number of halogens is 1. The Hall–Kier alpha value is -0.480. The lowest BCUT2D eigenvalue weighted by atomic mass is 10.2. The van der Waals surface area contributed by atoms with Crippen LogP contribution in [0.4, 0.5) is 0 Å². The lowest BCUT2D eigenvalue weighted by molar-refractivity contribution is 0.522. The van der Waals surface area contributed by atoms with Gasteiger partial charge in [0, 0.05) is 39.0 Å². The number of rotatable bonds is 4. The first-order chi connectivity index (χ1) is 9.68. The van der Waals surface area contributed by atoms with Crippen molar-refractivity contribution in [1.29, 1.82) is 0 Å². The van der Waals surface area contributed by atoms with Crippen molar-refractivity contribution in [1.82, 2.24) is 4.72 Å². The molecule has 1 aliphatic rings. The Kier molecular flexibility index (Phi) is 5.09. The maximum Gasteiger partial charge on any atom is 0.261 e. The highest BCUT2D eigenvalue weighted by Gasteiger charge is 2.24. The second-order valence-corrected chi connectivity index (χ2v) is 10.6. The van der Waals surface area contributed by atoms with E-state index >= 15 is 0 Å². The molecule has 6 nitrogen and oxygen atoms in total. The molecule has 1 N–H and O–H groups in total. The summed E-state index contributed by atoms with van der Waals surface area (Å²) in [5.74, 6) is 0.966. The first kappa shape index (κ1) is 16.9. The monoisotopic (exact) mass is 371 g/mol. The van der Waals surface area contributed by atoms with Crippen molar-refractivity contribution >= 4 is 40.6 Å². The Labute approximate surface area is 130 Å². The van der Waals surface area contributed by atoms with E-state index in [9.17, 15) is 21.0 Å². The molecule has 21 heavy (non-hydrogen) atoms. The first-order valence-corrected chi connectivity index (χ1v) is 11.4. The minimum Gasteiger partial charge on any atom is -0.260 e. The van der Waals surface area contributed by atoms with Crippen molar-refractivity contribution in [2.24, 2.45) is 0 Å². The smallest absolute Gasteiger partial charge is 0.260 e. The number of nitrogens with one attached hydrogen (secondary N) is 1. The zero-order valence-corrected chi connectivity index (χ0v) is 14.1. The molecule has 0 atom stereocenters. The molecule has 0 amide bonds. The molecule has 1 aromatic carbocycles. The van der Waals surface area contributed by atoms with Gasteiger partial charge in [-0.2, -0.15) is 0 Å². The molecule has 0 bridgehead atoms. The molecule has 118 valence electrons. The van der Waals surface area contributed by atoms with E-state index in [0.717, 1.165) is 12.1 Å². The van der Waals surface area contributed by atoms with E-state index in [4.69, 9.17) is 10.7 Å². The fourth-order valence-electron chi connectivity index (χ4n) is 1.98. The largest absolute Gasteiger partial charge is 0.261 e. The van der Waals surface area contributed by atoms with Gasteiger partial charge in [-0.3, -0.25) is 4.21 Å². The van der Waals surface area contributed by atoms with Gasteiger partial charge in [-0.25, -0.2) is 21.6 Å². The van der Waals surface area contributed by atoms with E-state index in [0.29, 0.717) is 24.3 Å². The van der Waals surface area contributed by atoms with Crippen LogP contribution < -0.4 is 4.72 Å². The number of benzene rings is 1. The van der Waals surface area contributed by atoms with Gasteiger partial charge in [0.25, 0.3) is 9.05 Å². The van der Waals surface area contributed by atoms with Crippen LogP contribution in [0.5, 0.6) is 0 Å². The SMILES string of the molecule is O=S1CCC(NS(=O)(=O)c2ccc(S(=O)(=O)Cl)cc2)CC1. The van der Waals surface area contributed by atoms with Crippen molar-refractivity contribution < 1.29 is 21.0 Å². The molecule has 1 aliphatic heterocycles. The normalized spacial score (nSPS) is 23.9. The predicted molar refractivity (Wildman–Crippen MR) is 80.7 cm³/mol. The molecule has 0 saturated carbocycles. The summed E-state index contributed by atoms with van der Waals surface area (Å²) < 4.78 is 60.4. The zero-order valence-electron chi connectivity index (χ0n) is 10.9. The minimum absolute atomic E-state index is 0.0294. The van der Waals surface area contributed by atoms with Crippen LogP contribution in [0.15, 0.2) is 34.1 Å². The Morgan fingerprint density at radius 2 is 1.48 bits per heavy atom. The third kappa shape index (κ3) is 4.49. The van der Waals surface area contributed by atoms with Gasteiger partial charge in [-0.15, -0.1) is 0 Å². The molecular weight excluding hydrogens is 358 g/mol. The van der Waals surface area contributed by atoms with Crippen LogP contribution in [0.25, 0.3) is 0 Å².